The average Bonchev–Trinajstić information content (AvgIpc) is 3.37. The molecule has 0 saturated carbocycles. The summed E-state index contributed by atoms with van der Waals surface area (Å²) in [5.41, 5.74) is 0.722. The highest BCUT2D eigenvalue weighted by Gasteiger charge is 2.32. The fourth-order valence-electron chi connectivity index (χ4n) is 6.80. The molecular weight excluding hydrogens is 599 g/mol. The molecule has 0 aliphatic carbocycles. The van der Waals surface area contributed by atoms with E-state index in [1.807, 2.05) is 24.3 Å². The van der Waals surface area contributed by atoms with Gasteiger partial charge in [0.05, 0.1) is 12.1 Å². The number of Topliss-reactive ketones (excluding diaryl/α,β-unsaturated/α-hetero) is 1. The fraction of sp³-hybridized carbons (Fsp3) is 0.529. The molecule has 3 saturated heterocycles. The van der Waals surface area contributed by atoms with E-state index in [2.05, 4.69) is 15.1 Å². The number of benzene rings is 2. The zero-order valence-corrected chi connectivity index (χ0v) is 26.2. The van der Waals surface area contributed by atoms with E-state index < -0.39 is 17.6 Å². The van der Waals surface area contributed by atoms with Crippen LogP contribution >= 0.6 is 0 Å². The van der Waals surface area contributed by atoms with Gasteiger partial charge in [-0.25, -0.2) is 0 Å². The summed E-state index contributed by atoms with van der Waals surface area (Å²) in [5, 5.41) is 2.48. The van der Waals surface area contributed by atoms with Crippen LogP contribution in [0, 0.1) is 5.92 Å². The third-order valence-electron chi connectivity index (χ3n) is 9.44. The van der Waals surface area contributed by atoms with Gasteiger partial charge in [0, 0.05) is 82.0 Å². The van der Waals surface area contributed by atoms with Crippen molar-refractivity contribution < 1.29 is 32.3 Å². The lowest BCUT2D eigenvalue weighted by Gasteiger charge is -2.34. The van der Waals surface area contributed by atoms with Crippen molar-refractivity contribution in [1.82, 2.24) is 20.0 Å². The number of nitrogens with one attached hydrogen (secondary N) is 1. The van der Waals surface area contributed by atoms with Crippen LogP contribution in [0.5, 0.6) is 0 Å². The maximum atomic E-state index is 13.0. The topological polar surface area (TPSA) is 93.3 Å². The highest BCUT2D eigenvalue weighted by Crippen LogP contribution is 2.30. The third-order valence-corrected chi connectivity index (χ3v) is 9.44. The van der Waals surface area contributed by atoms with Gasteiger partial charge in [-0.15, -0.1) is 0 Å². The highest BCUT2D eigenvalue weighted by atomic mass is 19.4. The number of anilines is 1. The quantitative estimate of drug-likeness (QED) is 0.467. The minimum Gasteiger partial charge on any atom is -0.371 e. The molecule has 2 aromatic carbocycles. The van der Waals surface area contributed by atoms with Crippen LogP contribution in [0.15, 0.2) is 48.5 Å². The first kappa shape index (κ1) is 33.4. The molecule has 3 aliphatic heterocycles. The number of carbonyl (C=O) groups excluding carboxylic acids is 4. The summed E-state index contributed by atoms with van der Waals surface area (Å²) in [5.74, 6) is -0.602. The van der Waals surface area contributed by atoms with Gasteiger partial charge in [0.25, 0.3) is 11.8 Å². The molecule has 0 bridgehead atoms. The second-order valence-electron chi connectivity index (χ2n) is 12.6. The summed E-state index contributed by atoms with van der Waals surface area (Å²) in [6, 6.07) is 12.4. The minimum atomic E-state index is -4.54. The molecule has 12 heteroatoms. The van der Waals surface area contributed by atoms with Crippen LogP contribution in [-0.2, 0) is 15.8 Å². The summed E-state index contributed by atoms with van der Waals surface area (Å²) >= 11 is 0. The van der Waals surface area contributed by atoms with Gasteiger partial charge in [-0.2, -0.15) is 13.2 Å². The number of hydrogen-bond donors (Lipinski definition) is 1. The Balaban J connectivity index is 1.05. The van der Waals surface area contributed by atoms with E-state index in [0.29, 0.717) is 44.2 Å². The molecular formula is C34H42F3N5O4. The maximum absolute atomic E-state index is 13.0. The van der Waals surface area contributed by atoms with Crippen LogP contribution in [0.3, 0.4) is 0 Å². The number of piperazine rings is 1. The Morgan fingerprint density at radius 2 is 1.54 bits per heavy atom. The van der Waals surface area contributed by atoms with Crippen molar-refractivity contribution in [3.8, 4) is 0 Å². The van der Waals surface area contributed by atoms with E-state index in [1.54, 1.807) is 16.7 Å². The number of carbonyl (C=O) groups is 4. The molecule has 3 aliphatic rings. The van der Waals surface area contributed by atoms with Gasteiger partial charge in [0.15, 0.2) is 5.78 Å². The largest absolute Gasteiger partial charge is 0.416 e. The lowest BCUT2D eigenvalue weighted by atomic mass is 10.0. The first-order valence-electron chi connectivity index (χ1n) is 16.1. The lowest BCUT2D eigenvalue weighted by Crippen LogP contribution is -2.50. The zero-order valence-electron chi connectivity index (χ0n) is 26.2. The Hall–Kier alpha value is -3.93. The van der Waals surface area contributed by atoms with Crippen LogP contribution in [-0.4, -0.2) is 103 Å². The smallest absolute Gasteiger partial charge is 0.371 e. The Labute approximate surface area is 267 Å². The normalized spacial score (nSPS) is 21.2. The summed E-state index contributed by atoms with van der Waals surface area (Å²) < 4.78 is 38.9. The van der Waals surface area contributed by atoms with E-state index >= 15 is 0 Å². The molecule has 2 aromatic rings. The van der Waals surface area contributed by atoms with Crippen molar-refractivity contribution in [2.75, 3.05) is 63.8 Å². The molecule has 5 rings (SSSR count). The number of ketones is 1. The van der Waals surface area contributed by atoms with E-state index in [0.717, 1.165) is 69.7 Å². The number of alkyl halides is 3. The van der Waals surface area contributed by atoms with Crippen molar-refractivity contribution in [1.29, 1.82) is 0 Å². The number of hydrogen-bond acceptors (Lipinski definition) is 6. The Morgan fingerprint density at radius 3 is 2.24 bits per heavy atom. The zero-order chi connectivity index (χ0) is 32.8. The van der Waals surface area contributed by atoms with Crippen LogP contribution in [0.25, 0.3) is 0 Å². The monoisotopic (exact) mass is 641 g/mol. The minimum absolute atomic E-state index is 0.00847. The molecule has 3 amide bonds. The predicted octanol–water partition coefficient (Wildman–Crippen LogP) is 4.08. The molecule has 9 nitrogen and oxygen atoms in total. The predicted molar refractivity (Wildman–Crippen MR) is 168 cm³/mol. The molecule has 3 fully saturated rings. The lowest BCUT2D eigenvalue weighted by molar-refractivity contribution is -0.137. The second kappa shape index (κ2) is 14.7. The molecule has 0 radical (unpaired) electrons. The molecule has 2 atom stereocenters. The van der Waals surface area contributed by atoms with Gasteiger partial charge in [-0.1, -0.05) is 6.07 Å². The number of nitrogens with zero attached hydrogens (tertiary/aromatic N) is 4. The van der Waals surface area contributed by atoms with Gasteiger partial charge in [-0.3, -0.25) is 19.2 Å². The van der Waals surface area contributed by atoms with Gasteiger partial charge >= 0.3 is 6.18 Å². The van der Waals surface area contributed by atoms with E-state index in [1.165, 1.54) is 12.1 Å². The van der Waals surface area contributed by atoms with Gasteiger partial charge in [0.2, 0.25) is 5.91 Å². The van der Waals surface area contributed by atoms with E-state index in [9.17, 15) is 32.3 Å². The SMILES string of the molecule is CC(=O)N1CCN(C(=O)c2ccc(N3CCCC(N4CC[C@@H](CC(=O)CNC(=O)c5cccc(C(F)(F)F)c5)C4)CC3)cc2)CC1. The van der Waals surface area contributed by atoms with Gasteiger partial charge < -0.3 is 24.9 Å². The summed E-state index contributed by atoms with van der Waals surface area (Å²) in [6.07, 6.45) is -0.225. The summed E-state index contributed by atoms with van der Waals surface area (Å²) in [7, 11) is 0. The molecule has 0 aromatic heterocycles. The molecule has 3 heterocycles. The van der Waals surface area contributed by atoms with Gasteiger partial charge in [-0.05, 0) is 80.6 Å². The van der Waals surface area contributed by atoms with E-state index in [4.69, 9.17) is 0 Å². The van der Waals surface area contributed by atoms with Crippen LogP contribution in [0.2, 0.25) is 0 Å². The van der Waals surface area contributed by atoms with Crippen LogP contribution < -0.4 is 10.2 Å². The summed E-state index contributed by atoms with van der Waals surface area (Å²) in [6.45, 7) is 7.11. The van der Waals surface area contributed by atoms with Gasteiger partial charge in [0.1, 0.15) is 0 Å². The molecule has 248 valence electrons. The second-order valence-corrected chi connectivity index (χ2v) is 12.6. The van der Waals surface area contributed by atoms with E-state index in [-0.39, 0.29) is 35.6 Å². The fourth-order valence-corrected chi connectivity index (χ4v) is 6.80. The first-order chi connectivity index (χ1) is 22.0. The van der Waals surface area contributed by atoms with Crippen molar-refractivity contribution in [2.24, 2.45) is 5.92 Å². The third kappa shape index (κ3) is 8.45. The molecule has 1 N–H and O–H groups in total. The summed E-state index contributed by atoms with van der Waals surface area (Å²) in [4.78, 5) is 58.0. The highest BCUT2D eigenvalue weighted by molar-refractivity contribution is 5.97. The molecule has 1 unspecified atom stereocenters. The number of likely N-dealkylation sites (tertiary alicyclic amines) is 1. The first-order valence-corrected chi connectivity index (χ1v) is 16.1. The van der Waals surface area contributed by atoms with Crippen molar-refractivity contribution in [3.63, 3.8) is 0 Å². The number of amides is 3. The standard InChI is InChI=1S/C34H42F3N5O4/c1-24(43)39-16-18-41(19-17-39)33(46)26-7-9-30(10-8-26)40-13-3-6-29(12-15-40)42-14-11-25(23-42)20-31(44)22-38-32(45)27-4-2-5-28(21-27)34(35,36)37/h2,4-5,7-10,21,25,29H,3,6,11-20,22-23H2,1H3,(H,38,45)/t25-,29?/m0/s1. The number of halogens is 3. The Morgan fingerprint density at radius 1 is 0.826 bits per heavy atom. The average molecular weight is 642 g/mol. The van der Waals surface area contributed by atoms with Crippen LogP contribution in [0.1, 0.15) is 65.3 Å². The van der Waals surface area contributed by atoms with Crippen LogP contribution in [0.4, 0.5) is 18.9 Å². The Bertz CT molecular complexity index is 1410. The van der Waals surface area contributed by atoms with Crippen molar-refractivity contribution >= 4 is 29.2 Å². The van der Waals surface area contributed by atoms with Crippen molar-refractivity contribution in [2.45, 2.75) is 51.2 Å². The maximum Gasteiger partial charge on any atom is 0.416 e. The Kier molecular flexibility index (Phi) is 10.7. The van der Waals surface area contributed by atoms with Crippen molar-refractivity contribution in [3.05, 3.63) is 65.2 Å². The molecule has 46 heavy (non-hydrogen) atoms. The number of rotatable bonds is 8. The molecule has 0 spiro atoms.